The predicted molar refractivity (Wildman–Crippen MR) is 69.3 cm³/mol. The van der Waals surface area contributed by atoms with Crippen molar-refractivity contribution < 1.29 is 9.72 Å². The minimum absolute atomic E-state index is 0.0121. The number of hydrogen-bond donors (Lipinski definition) is 2. The standard InChI is InChI=1S/C12H17N3O3/c1-4-12(2,3)14-11(16)8-5-6-10(15(17)18)9(13)7-8/h5-7H,4,13H2,1-3H3,(H,14,16). The molecule has 1 amide bonds. The van der Waals surface area contributed by atoms with Gasteiger partial charge in [0, 0.05) is 17.2 Å². The number of nitrogen functional groups attached to an aromatic ring is 1. The van der Waals surface area contributed by atoms with Gasteiger partial charge in [-0.2, -0.15) is 0 Å². The summed E-state index contributed by atoms with van der Waals surface area (Å²) in [6.07, 6.45) is 0.779. The molecule has 1 aromatic carbocycles. The van der Waals surface area contributed by atoms with Gasteiger partial charge in [0.2, 0.25) is 0 Å². The Morgan fingerprint density at radius 3 is 2.56 bits per heavy atom. The minimum Gasteiger partial charge on any atom is -0.393 e. The van der Waals surface area contributed by atoms with Crippen molar-refractivity contribution in [2.45, 2.75) is 32.7 Å². The van der Waals surface area contributed by atoms with Crippen molar-refractivity contribution in [1.82, 2.24) is 5.32 Å². The highest BCUT2D eigenvalue weighted by Gasteiger charge is 2.20. The first-order valence-electron chi connectivity index (χ1n) is 5.63. The minimum atomic E-state index is -0.576. The monoisotopic (exact) mass is 251 g/mol. The SMILES string of the molecule is CCC(C)(C)NC(=O)c1ccc([N+](=O)[O-])c(N)c1. The Morgan fingerprint density at radius 1 is 1.50 bits per heavy atom. The Morgan fingerprint density at radius 2 is 2.11 bits per heavy atom. The van der Waals surface area contributed by atoms with E-state index in [1.807, 2.05) is 20.8 Å². The largest absolute Gasteiger partial charge is 0.393 e. The maximum absolute atomic E-state index is 11.9. The van der Waals surface area contributed by atoms with E-state index < -0.39 is 4.92 Å². The van der Waals surface area contributed by atoms with Crippen molar-refractivity contribution in [3.8, 4) is 0 Å². The van der Waals surface area contributed by atoms with Gasteiger partial charge in [0.1, 0.15) is 5.69 Å². The molecular formula is C12H17N3O3. The average Bonchev–Trinajstić information content (AvgIpc) is 2.27. The number of nitrogens with one attached hydrogen (secondary N) is 1. The van der Waals surface area contributed by atoms with Crippen LogP contribution < -0.4 is 11.1 Å². The molecule has 18 heavy (non-hydrogen) atoms. The smallest absolute Gasteiger partial charge is 0.292 e. The van der Waals surface area contributed by atoms with Crippen molar-refractivity contribution in [2.24, 2.45) is 0 Å². The zero-order valence-corrected chi connectivity index (χ0v) is 10.7. The molecule has 0 aromatic heterocycles. The summed E-state index contributed by atoms with van der Waals surface area (Å²) in [5.41, 5.74) is 5.32. The number of nitrogens with zero attached hydrogens (tertiary/aromatic N) is 1. The van der Waals surface area contributed by atoms with E-state index >= 15 is 0 Å². The summed E-state index contributed by atoms with van der Waals surface area (Å²) >= 11 is 0. The normalized spacial score (nSPS) is 11.1. The molecular weight excluding hydrogens is 234 g/mol. The second-order valence-electron chi connectivity index (χ2n) is 4.72. The first-order chi connectivity index (χ1) is 8.26. The van der Waals surface area contributed by atoms with Crippen molar-refractivity contribution in [1.29, 1.82) is 0 Å². The number of nitro benzene ring substituents is 1. The highest BCUT2D eigenvalue weighted by atomic mass is 16.6. The molecule has 0 aliphatic carbocycles. The lowest BCUT2D eigenvalue weighted by molar-refractivity contribution is -0.383. The Kier molecular flexibility index (Phi) is 3.90. The highest BCUT2D eigenvalue weighted by molar-refractivity contribution is 5.96. The summed E-state index contributed by atoms with van der Waals surface area (Å²) in [5, 5.41) is 13.4. The second kappa shape index (κ2) is 5.03. The van der Waals surface area contributed by atoms with Crippen LogP contribution in [-0.4, -0.2) is 16.4 Å². The van der Waals surface area contributed by atoms with Gasteiger partial charge in [-0.1, -0.05) is 6.92 Å². The summed E-state index contributed by atoms with van der Waals surface area (Å²) in [4.78, 5) is 21.9. The summed E-state index contributed by atoms with van der Waals surface area (Å²) in [7, 11) is 0. The van der Waals surface area contributed by atoms with E-state index in [0.717, 1.165) is 6.42 Å². The number of benzene rings is 1. The lowest BCUT2D eigenvalue weighted by Gasteiger charge is -2.24. The number of carbonyl (C=O) groups excluding carboxylic acids is 1. The van der Waals surface area contributed by atoms with E-state index in [4.69, 9.17) is 5.73 Å². The molecule has 0 saturated carbocycles. The van der Waals surface area contributed by atoms with Crippen molar-refractivity contribution in [3.05, 3.63) is 33.9 Å². The number of rotatable bonds is 4. The number of anilines is 1. The topological polar surface area (TPSA) is 98.3 Å². The molecule has 1 rings (SSSR count). The Balaban J connectivity index is 2.95. The van der Waals surface area contributed by atoms with Gasteiger partial charge < -0.3 is 11.1 Å². The molecule has 0 radical (unpaired) electrons. The summed E-state index contributed by atoms with van der Waals surface area (Å²) in [6, 6.07) is 3.96. The fourth-order valence-electron chi connectivity index (χ4n) is 1.33. The van der Waals surface area contributed by atoms with Crippen molar-refractivity contribution in [2.75, 3.05) is 5.73 Å². The molecule has 0 aliphatic heterocycles. The summed E-state index contributed by atoms with van der Waals surface area (Å²) in [6.45, 7) is 5.77. The number of nitrogens with two attached hydrogens (primary N) is 1. The van der Waals surface area contributed by atoms with E-state index in [2.05, 4.69) is 5.32 Å². The molecule has 0 unspecified atom stereocenters. The lowest BCUT2D eigenvalue weighted by atomic mass is 10.0. The Bertz CT molecular complexity index is 483. The Hall–Kier alpha value is -2.11. The van der Waals surface area contributed by atoms with Gasteiger partial charge in [0.25, 0.3) is 11.6 Å². The first-order valence-corrected chi connectivity index (χ1v) is 5.63. The number of carbonyl (C=O) groups is 1. The van der Waals surface area contributed by atoms with E-state index in [1.165, 1.54) is 18.2 Å². The summed E-state index contributed by atoms with van der Waals surface area (Å²) in [5.74, 6) is -0.288. The second-order valence-corrected chi connectivity index (χ2v) is 4.72. The van der Waals surface area contributed by atoms with Gasteiger partial charge in [-0.15, -0.1) is 0 Å². The van der Waals surface area contributed by atoms with Gasteiger partial charge in [-0.05, 0) is 32.4 Å². The third-order valence-electron chi connectivity index (χ3n) is 2.82. The van der Waals surface area contributed by atoms with Gasteiger partial charge in [0.05, 0.1) is 4.92 Å². The number of nitro groups is 1. The fourth-order valence-corrected chi connectivity index (χ4v) is 1.33. The van der Waals surface area contributed by atoms with Crippen molar-refractivity contribution >= 4 is 17.3 Å². The van der Waals surface area contributed by atoms with Crippen LogP contribution in [0.5, 0.6) is 0 Å². The van der Waals surface area contributed by atoms with E-state index in [-0.39, 0.29) is 22.8 Å². The third kappa shape index (κ3) is 3.19. The molecule has 98 valence electrons. The average molecular weight is 251 g/mol. The van der Waals surface area contributed by atoms with Crippen LogP contribution >= 0.6 is 0 Å². The molecule has 6 nitrogen and oxygen atoms in total. The predicted octanol–water partition coefficient (Wildman–Crippen LogP) is 2.10. The molecule has 0 spiro atoms. The molecule has 6 heteroatoms. The van der Waals surface area contributed by atoms with E-state index in [1.54, 1.807) is 0 Å². The van der Waals surface area contributed by atoms with E-state index in [9.17, 15) is 14.9 Å². The van der Waals surface area contributed by atoms with Crippen LogP contribution in [0.1, 0.15) is 37.6 Å². The maximum atomic E-state index is 11.9. The van der Waals surface area contributed by atoms with Crippen LogP contribution in [-0.2, 0) is 0 Å². The molecule has 0 aliphatic rings. The van der Waals surface area contributed by atoms with Gasteiger partial charge >= 0.3 is 0 Å². The lowest BCUT2D eigenvalue weighted by Crippen LogP contribution is -2.42. The zero-order valence-electron chi connectivity index (χ0n) is 10.7. The van der Waals surface area contributed by atoms with Crippen LogP contribution in [0.2, 0.25) is 0 Å². The molecule has 3 N–H and O–H groups in total. The fraction of sp³-hybridized carbons (Fsp3) is 0.417. The zero-order chi connectivity index (χ0) is 13.9. The van der Waals surface area contributed by atoms with Gasteiger partial charge in [-0.25, -0.2) is 0 Å². The van der Waals surface area contributed by atoms with Crippen LogP contribution in [0, 0.1) is 10.1 Å². The number of hydrogen-bond acceptors (Lipinski definition) is 4. The van der Waals surface area contributed by atoms with Crippen LogP contribution in [0.15, 0.2) is 18.2 Å². The molecule has 0 fully saturated rings. The Labute approximate surface area is 105 Å². The summed E-state index contributed by atoms with van der Waals surface area (Å²) < 4.78 is 0. The first kappa shape index (κ1) is 14.0. The molecule has 0 heterocycles. The maximum Gasteiger partial charge on any atom is 0.292 e. The molecule has 0 atom stereocenters. The van der Waals surface area contributed by atoms with E-state index in [0.29, 0.717) is 5.56 Å². The van der Waals surface area contributed by atoms with Gasteiger partial charge in [-0.3, -0.25) is 14.9 Å². The highest BCUT2D eigenvalue weighted by Crippen LogP contribution is 2.22. The van der Waals surface area contributed by atoms with Gasteiger partial charge in [0.15, 0.2) is 0 Å². The molecule has 0 bridgehead atoms. The number of amides is 1. The molecule has 0 saturated heterocycles. The van der Waals surface area contributed by atoms with Crippen molar-refractivity contribution in [3.63, 3.8) is 0 Å². The third-order valence-corrected chi connectivity index (χ3v) is 2.82. The van der Waals surface area contributed by atoms with Crippen LogP contribution in [0.3, 0.4) is 0 Å². The van der Waals surface area contributed by atoms with Crippen LogP contribution in [0.25, 0.3) is 0 Å². The molecule has 1 aromatic rings. The van der Waals surface area contributed by atoms with Crippen LogP contribution in [0.4, 0.5) is 11.4 Å². The quantitative estimate of drug-likeness (QED) is 0.486.